The summed E-state index contributed by atoms with van der Waals surface area (Å²) < 4.78 is 1.78. The molecule has 0 unspecified atom stereocenters. The number of para-hydroxylation sites is 1. The van der Waals surface area contributed by atoms with Crippen LogP contribution >= 0.6 is 0 Å². The predicted octanol–water partition coefficient (Wildman–Crippen LogP) is 6.56. The third-order valence-electron chi connectivity index (χ3n) is 6.27. The zero-order valence-electron chi connectivity index (χ0n) is 23.3. The number of carbonyl (C=O) groups excluding carboxylic acids is 2. The smallest absolute Gasteiger partial charge is 0.315 e. The van der Waals surface area contributed by atoms with Crippen molar-refractivity contribution in [2.75, 3.05) is 23.7 Å². The van der Waals surface area contributed by atoms with Gasteiger partial charge in [-0.2, -0.15) is 5.10 Å². The summed E-state index contributed by atoms with van der Waals surface area (Å²) in [5.41, 5.74) is 4.50. The Morgan fingerprint density at radius 1 is 1.03 bits per heavy atom. The molecular formula is C30H41N5O2. The predicted molar refractivity (Wildman–Crippen MR) is 151 cm³/mol. The summed E-state index contributed by atoms with van der Waals surface area (Å²) in [4.78, 5) is 28.1. The number of nitrogens with one attached hydrogen (secondary N) is 2. The van der Waals surface area contributed by atoms with E-state index in [4.69, 9.17) is 5.10 Å². The van der Waals surface area contributed by atoms with Gasteiger partial charge < -0.3 is 15.5 Å². The lowest BCUT2D eigenvalue weighted by Gasteiger charge is -2.24. The van der Waals surface area contributed by atoms with Gasteiger partial charge in [-0.05, 0) is 55.0 Å². The molecule has 0 aliphatic heterocycles. The average molecular weight is 504 g/mol. The van der Waals surface area contributed by atoms with Crippen LogP contribution in [-0.4, -0.2) is 39.7 Å². The number of carbonyl (C=O) groups is 2. The first-order chi connectivity index (χ1) is 17.5. The fraction of sp³-hybridized carbons (Fsp3) is 0.433. The van der Waals surface area contributed by atoms with Gasteiger partial charge >= 0.3 is 6.03 Å². The maximum absolute atomic E-state index is 13.3. The summed E-state index contributed by atoms with van der Waals surface area (Å²) in [6, 6.07) is 17.4. The van der Waals surface area contributed by atoms with Gasteiger partial charge in [-0.1, -0.05) is 71.9 Å². The molecule has 0 saturated carbocycles. The van der Waals surface area contributed by atoms with E-state index in [-0.39, 0.29) is 23.9 Å². The van der Waals surface area contributed by atoms with E-state index < -0.39 is 0 Å². The summed E-state index contributed by atoms with van der Waals surface area (Å²) in [7, 11) is 0. The molecule has 1 heterocycles. The van der Waals surface area contributed by atoms with Crippen molar-refractivity contribution in [2.45, 2.75) is 66.7 Å². The van der Waals surface area contributed by atoms with Crippen LogP contribution in [0.25, 0.3) is 5.69 Å². The summed E-state index contributed by atoms with van der Waals surface area (Å²) in [6.07, 6.45) is 1.68. The van der Waals surface area contributed by atoms with Gasteiger partial charge in [-0.15, -0.1) is 0 Å². The lowest BCUT2D eigenvalue weighted by Crippen LogP contribution is -2.41. The molecule has 3 aromatic rings. The van der Waals surface area contributed by atoms with Gasteiger partial charge in [-0.3, -0.25) is 4.79 Å². The monoisotopic (exact) mass is 503 g/mol. The molecule has 37 heavy (non-hydrogen) atoms. The van der Waals surface area contributed by atoms with E-state index in [0.717, 1.165) is 41.0 Å². The molecular weight excluding hydrogens is 462 g/mol. The second-order valence-electron chi connectivity index (χ2n) is 11.0. The zero-order chi connectivity index (χ0) is 27.2. The van der Waals surface area contributed by atoms with Crippen molar-refractivity contribution >= 4 is 23.4 Å². The van der Waals surface area contributed by atoms with Crippen LogP contribution in [0.4, 0.5) is 16.3 Å². The number of urea groups is 1. The Hall–Kier alpha value is -3.61. The van der Waals surface area contributed by atoms with E-state index in [9.17, 15) is 9.59 Å². The maximum atomic E-state index is 13.3. The molecule has 0 spiro atoms. The van der Waals surface area contributed by atoms with Crippen molar-refractivity contribution in [3.05, 3.63) is 71.4 Å². The van der Waals surface area contributed by atoms with Crippen molar-refractivity contribution in [2.24, 2.45) is 5.92 Å². The Bertz CT molecular complexity index is 1220. The number of amides is 3. The SMILES string of the molecule is CCc1cccc(NC(=O)N(CCC(C)C)CC(=O)Nc2cc(C(C)(C)C)nn2-c2ccccc2C)c1. The van der Waals surface area contributed by atoms with Crippen molar-refractivity contribution in [3.8, 4) is 5.69 Å². The van der Waals surface area contributed by atoms with Gasteiger partial charge in [0.1, 0.15) is 12.4 Å². The molecule has 1 aromatic heterocycles. The molecule has 3 amide bonds. The van der Waals surface area contributed by atoms with Crippen LogP contribution in [0.15, 0.2) is 54.6 Å². The first-order valence-electron chi connectivity index (χ1n) is 13.1. The Kier molecular flexibility index (Phi) is 9.14. The van der Waals surface area contributed by atoms with Crippen LogP contribution < -0.4 is 10.6 Å². The minimum atomic E-state index is -0.285. The minimum absolute atomic E-state index is 0.0597. The second kappa shape index (κ2) is 12.1. The average Bonchev–Trinajstić information content (AvgIpc) is 3.26. The lowest BCUT2D eigenvalue weighted by molar-refractivity contribution is -0.116. The largest absolute Gasteiger partial charge is 0.322 e. The number of aromatic nitrogens is 2. The Balaban J connectivity index is 1.83. The molecule has 7 heteroatoms. The molecule has 0 atom stereocenters. The summed E-state index contributed by atoms with van der Waals surface area (Å²) in [5, 5.41) is 10.8. The molecule has 2 aromatic carbocycles. The number of anilines is 2. The Labute approximate surface area is 221 Å². The van der Waals surface area contributed by atoms with Crippen LogP contribution in [-0.2, 0) is 16.6 Å². The minimum Gasteiger partial charge on any atom is -0.315 e. The van der Waals surface area contributed by atoms with Crippen LogP contribution in [0.1, 0.15) is 64.8 Å². The van der Waals surface area contributed by atoms with Crippen molar-refractivity contribution < 1.29 is 9.59 Å². The molecule has 0 radical (unpaired) electrons. The first-order valence-corrected chi connectivity index (χ1v) is 13.1. The number of benzene rings is 2. The molecule has 0 saturated heterocycles. The molecule has 0 fully saturated rings. The topological polar surface area (TPSA) is 79.3 Å². The van der Waals surface area contributed by atoms with Crippen LogP contribution in [0.5, 0.6) is 0 Å². The van der Waals surface area contributed by atoms with Crippen molar-refractivity contribution in [1.82, 2.24) is 14.7 Å². The highest BCUT2D eigenvalue weighted by Crippen LogP contribution is 2.27. The first kappa shape index (κ1) is 28.0. The lowest BCUT2D eigenvalue weighted by atomic mass is 9.92. The maximum Gasteiger partial charge on any atom is 0.322 e. The van der Waals surface area contributed by atoms with Crippen LogP contribution in [0.3, 0.4) is 0 Å². The number of rotatable bonds is 9. The standard InChI is InChI=1S/C30H41N5O2/c1-8-23-13-11-14-24(18-23)31-29(37)34(17-16-21(2)3)20-28(36)32-27-19-26(30(5,6)7)33-35(27)25-15-10-9-12-22(25)4/h9-15,18-19,21H,8,16-17,20H2,1-7H3,(H,31,37)(H,32,36). The fourth-order valence-corrected chi connectivity index (χ4v) is 3.92. The van der Waals surface area contributed by atoms with Gasteiger partial charge in [0.25, 0.3) is 0 Å². The Morgan fingerprint density at radius 2 is 1.76 bits per heavy atom. The van der Waals surface area contributed by atoms with E-state index >= 15 is 0 Å². The van der Waals surface area contributed by atoms with Gasteiger partial charge in [0, 0.05) is 23.7 Å². The van der Waals surface area contributed by atoms with Gasteiger partial charge in [-0.25, -0.2) is 9.48 Å². The third kappa shape index (κ3) is 7.68. The molecule has 198 valence electrons. The number of hydrogen-bond donors (Lipinski definition) is 2. The number of nitrogens with zero attached hydrogens (tertiary/aromatic N) is 3. The molecule has 7 nitrogen and oxygen atoms in total. The molecule has 0 bridgehead atoms. The van der Waals surface area contributed by atoms with Gasteiger partial charge in [0.05, 0.1) is 11.4 Å². The van der Waals surface area contributed by atoms with Crippen molar-refractivity contribution in [1.29, 1.82) is 0 Å². The molecule has 3 rings (SSSR count). The third-order valence-corrected chi connectivity index (χ3v) is 6.27. The molecule has 2 N–H and O–H groups in total. The summed E-state index contributed by atoms with van der Waals surface area (Å²) >= 11 is 0. The van der Waals surface area contributed by atoms with Crippen LogP contribution in [0, 0.1) is 12.8 Å². The second-order valence-corrected chi connectivity index (χ2v) is 11.0. The number of hydrogen-bond acceptors (Lipinski definition) is 3. The van der Waals surface area contributed by atoms with E-state index in [0.29, 0.717) is 18.3 Å². The quantitative estimate of drug-likeness (QED) is 0.347. The zero-order valence-corrected chi connectivity index (χ0v) is 23.3. The van der Waals surface area contributed by atoms with Crippen molar-refractivity contribution in [3.63, 3.8) is 0 Å². The normalized spacial score (nSPS) is 11.5. The molecule has 0 aliphatic rings. The van der Waals surface area contributed by atoms with E-state index in [1.54, 1.807) is 9.58 Å². The molecule has 0 aliphatic carbocycles. The highest BCUT2D eigenvalue weighted by Gasteiger charge is 2.24. The highest BCUT2D eigenvalue weighted by molar-refractivity contribution is 5.96. The summed E-state index contributed by atoms with van der Waals surface area (Å²) in [6.45, 7) is 15.0. The Morgan fingerprint density at radius 3 is 2.41 bits per heavy atom. The van der Waals surface area contributed by atoms with E-state index in [2.05, 4.69) is 52.2 Å². The summed E-state index contributed by atoms with van der Waals surface area (Å²) in [5.74, 6) is 0.721. The van der Waals surface area contributed by atoms with E-state index in [1.807, 2.05) is 61.5 Å². The highest BCUT2D eigenvalue weighted by atomic mass is 16.2. The van der Waals surface area contributed by atoms with Crippen LogP contribution in [0.2, 0.25) is 0 Å². The number of aryl methyl sites for hydroxylation is 2. The van der Waals surface area contributed by atoms with Gasteiger partial charge in [0.2, 0.25) is 5.91 Å². The fourth-order valence-electron chi connectivity index (χ4n) is 3.92. The van der Waals surface area contributed by atoms with E-state index in [1.165, 1.54) is 0 Å². The van der Waals surface area contributed by atoms with Gasteiger partial charge in [0.15, 0.2) is 0 Å².